The summed E-state index contributed by atoms with van der Waals surface area (Å²) in [5, 5.41) is 0. The van der Waals surface area contributed by atoms with Gasteiger partial charge in [0.15, 0.2) is 5.78 Å². The second-order valence-electron chi connectivity index (χ2n) is 2.64. The summed E-state index contributed by atoms with van der Waals surface area (Å²) in [5.41, 5.74) is 0.859. The maximum Gasteiger partial charge on any atom is 0.219 e. The standard InChI is InChI=1S/C9H11NO2/c1-6(11)4-5-9-10-7(2)8(3)12-9/h4-5H,1-3H3/b5-4+. The van der Waals surface area contributed by atoms with E-state index in [1.54, 1.807) is 6.08 Å². The first-order valence-electron chi connectivity index (χ1n) is 3.72. The van der Waals surface area contributed by atoms with E-state index in [0.29, 0.717) is 5.89 Å². The Kier molecular flexibility index (Phi) is 2.43. The molecule has 64 valence electrons. The molecule has 1 heterocycles. The smallest absolute Gasteiger partial charge is 0.219 e. The molecule has 0 N–H and O–H groups in total. The van der Waals surface area contributed by atoms with Gasteiger partial charge in [-0.25, -0.2) is 4.98 Å². The van der Waals surface area contributed by atoms with Crippen molar-refractivity contribution in [1.29, 1.82) is 0 Å². The number of carbonyl (C=O) groups is 1. The van der Waals surface area contributed by atoms with Gasteiger partial charge in [-0.2, -0.15) is 0 Å². The van der Waals surface area contributed by atoms with Gasteiger partial charge in [0.1, 0.15) is 5.76 Å². The molecule has 0 aromatic carbocycles. The maximum atomic E-state index is 10.6. The van der Waals surface area contributed by atoms with Gasteiger partial charge < -0.3 is 4.42 Å². The first kappa shape index (κ1) is 8.71. The summed E-state index contributed by atoms with van der Waals surface area (Å²) in [4.78, 5) is 14.6. The van der Waals surface area contributed by atoms with Gasteiger partial charge in [0.05, 0.1) is 5.69 Å². The van der Waals surface area contributed by atoms with Crippen LogP contribution in [-0.4, -0.2) is 10.8 Å². The van der Waals surface area contributed by atoms with E-state index in [1.807, 2.05) is 13.8 Å². The molecule has 0 aliphatic carbocycles. The van der Waals surface area contributed by atoms with Crippen molar-refractivity contribution in [3.63, 3.8) is 0 Å². The molecule has 0 aliphatic heterocycles. The van der Waals surface area contributed by atoms with Gasteiger partial charge in [0, 0.05) is 6.08 Å². The van der Waals surface area contributed by atoms with Crippen molar-refractivity contribution >= 4 is 11.9 Å². The summed E-state index contributed by atoms with van der Waals surface area (Å²) in [5.74, 6) is 1.27. The first-order valence-corrected chi connectivity index (χ1v) is 3.72. The van der Waals surface area contributed by atoms with E-state index in [0.717, 1.165) is 11.5 Å². The van der Waals surface area contributed by atoms with E-state index < -0.39 is 0 Å². The van der Waals surface area contributed by atoms with E-state index in [1.165, 1.54) is 13.0 Å². The molecular weight excluding hydrogens is 154 g/mol. The molecule has 1 aromatic rings. The molecule has 0 amide bonds. The van der Waals surface area contributed by atoms with E-state index in [-0.39, 0.29) is 5.78 Å². The molecule has 3 heteroatoms. The molecule has 12 heavy (non-hydrogen) atoms. The van der Waals surface area contributed by atoms with Gasteiger partial charge >= 0.3 is 0 Å². The van der Waals surface area contributed by atoms with Crippen LogP contribution in [0.2, 0.25) is 0 Å². The van der Waals surface area contributed by atoms with Crippen LogP contribution in [0.3, 0.4) is 0 Å². The lowest BCUT2D eigenvalue weighted by atomic mass is 10.4. The van der Waals surface area contributed by atoms with Crippen LogP contribution < -0.4 is 0 Å². The molecule has 0 atom stereocenters. The average Bonchev–Trinajstić information content (AvgIpc) is 2.28. The van der Waals surface area contributed by atoms with Crippen LogP contribution in [0.1, 0.15) is 24.3 Å². The molecule has 0 spiro atoms. The Morgan fingerprint density at radius 3 is 2.58 bits per heavy atom. The minimum Gasteiger partial charge on any atom is -0.442 e. The fourth-order valence-electron chi connectivity index (χ4n) is 0.757. The molecule has 0 unspecified atom stereocenters. The Balaban J connectivity index is 2.83. The third-order valence-electron chi connectivity index (χ3n) is 1.51. The van der Waals surface area contributed by atoms with Crippen LogP contribution in [-0.2, 0) is 4.79 Å². The number of nitrogens with zero attached hydrogens (tertiary/aromatic N) is 1. The summed E-state index contributed by atoms with van der Waals surface area (Å²) in [6.45, 7) is 5.19. The topological polar surface area (TPSA) is 43.1 Å². The highest BCUT2D eigenvalue weighted by Gasteiger charge is 2.00. The van der Waals surface area contributed by atoms with Gasteiger partial charge in [0.25, 0.3) is 0 Å². The summed E-state index contributed by atoms with van der Waals surface area (Å²) in [7, 11) is 0. The van der Waals surface area contributed by atoms with E-state index in [9.17, 15) is 4.79 Å². The SMILES string of the molecule is CC(=O)/C=C/c1nc(C)c(C)o1. The summed E-state index contributed by atoms with van der Waals surface area (Å²) in [6.07, 6.45) is 3.01. The largest absolute Gasteiger partial charge is 0.442 e. The summed E-state index contributed by atoms with van der Waals surface area (Å²) >= 11 is 0. The Labute approximate surface area is 71.1 Å². The van der Waals surface area contributed by atoms with Crippen molar-refractivity contribution in [2.45, 2.75) is 20.8 Å². The lowest BCUT2D eigenvalue weighted by molar-refractivity contribution is -0.112. The van der Waals surface area contributed by atoms with E-state index >= 15 is 0 Å². The lowest BCUT2D eigenvalue weighted by Crippen LogP contribution is -1.79. The third-order valence-corrected chi connectivity index (χ3v) is 1.51. The van der Waals surface area contributed by atoms with Crippen molar-refractivity contribution in [3.8, 4) is 0 Å². The van der Waals surface area contributed by atoms with Crippen molar-refractivity contribution in [2.75, 3.05) is 0 Å². The number of aryl methyl sites for hydroxylation is 2. The Morgan fingerprint density at radius 1 is 1.50 bits per heavy atom. The van der Waals surface area contributed by atoms with Crippen molar-refractivity contribution in [3.05, 3.63) is 23.4 Å². The maximum absolute atomic E-state index is 10.6. The van der Waals surface area contributed by atoms with Gasteiger partial charge in [-0.15, -0.1) is 0 Å². The van der Waals surface area contributed by atoms with Crippen LogP contribution in [0.5, 0.6) is 0 Å². The zero-order valence-electron chi connectivity index (χ0n) is 7.42. The molecule has 1 rings (SSSR count). The normalized spacial score (nSPS) is 10.9. The minimum atomic E-state index is -0.0106. The Hall–Kier alpha value is -1.38. The minimum absolute atomic E-state index is 0.0106. The second-order valence-corrected chi connectivity index (χ2v) is 2.64. The number of rotatable bonds is 2. The predicted octanol–water partition coefficient (Wildman–Crippen LogP) is 1.89. The molecule has 0 radical (unpaired) electrons. The fraction of sp³-hybridized carbons (Fsp3) is 0.333. The summed E-state index contributed by atoms with van der Waals surface area (Å²) in [6, 6.07) is 0. The number of carbonyl (C=O) groups excluding carboxylic acids is 1. The first-order chi connectivity index (χ1) is 5.59. The Bertz CT molecular complexity index is 304. The molecule has 0 saturated carbocycles. The molecule has 0 fully saturated rings. The van der Waals surface area contributed by atoms with Crippen LogP contribution in [0.15, 0.2) is 10.5 Å². The molecule has 0 aliphatic rings. The molecular formula is C9H11NO2. The predicted molar refractivity (Wildman–Crippen MR) is 45.7 cm³/mol. The number of hydrogen-bond acceptors (Lipinski definition) is 3. The Morgan fingerprint density at radius 2 is 2.17 bits per heavy atom. The molecule has 0 bridgehead atoms. The van der Waals surface area contributed by atoms with Gasteiger partial charge in [0.2, 0.25) is 5.89 Å². The fourth-order valence-corrected chi connectivity index (χ4v) is 0.757. The van der Waals surface area contributed by atoms with Gasteiger partial charge in [-0.05, 0) is 26.8 Å². The van der Waals surface area contributed by atoms with Crippen LogP contribution >= 0.6 is 0 Å². The average molecular weight is 165 g/mol. The zero-order chi connectivity index (χ0) is 9.14. The van der Waals surface area contributed by atoms with Gasteiger partial charge in [-0.3, -0.25) is 4.79 Å². The van der Waals surface area contributed by atoms with Crippen LogP contribution in [0.25, 0.3) is 6.08 Å². The second kappa shape index (κ2) is 3.34. The number of ketones is 1. The molecule has 3 nitrogen and oxygen atoms in total. The lowest BCUT2D eigenvalue weighted by Gasteiger charge is -1.80. The van der Waals surface area contributed by atoms with Crippen molar-refractivity contribution in [1.82, 2.24) is 4.98 Å². The van der Waals surface area contributed by atoms with E-state index in [2.05, 4.69) is 4.98 Å². The highest BCUT2D eigenvalue weighted by molar-refractivity contribution is 5.90. The highest BCUT2D eigenvalue weighted by atomic mass is 16.4. The number of allylic oxidation sites excluding steroid dienone is 1. The van der Waals surface area contributed by atoms with Crippen molar-refractivity contribution < 1.29 is 9.21 Å². The van der Waals surface area contributed by atoms with Crippen LogP contribution in [0.4, 0.5) is 0 Å². The molecule has 1 aromatic heterocycles. The van der Waals surface area contributed by atoms with E-state index in [4.69, 9.17) is 4.42 Å². The third kappa shape index (κ3) is 2.05. The number of oxazole rings is 1. The van der Waals surface area contributed by atoms with Crippen molar-refractivity contribution in [2.24, 2.45) is 0 Å². The zero-order valence-corrected chi connectivity index (χ0v) is 7.42. The van der Waals surface area contributed by atoms with Gasteiger partial charge in [-0.1, -0.05) is 0 Å². The van der Waals surface area contributed by atoms with Crippen LogP contribution in [0, 0.1) is 13.8 Å². The number of aromatic nitrogens is 1. The molecule has 0 saturated heterocycles. The summed E-state index contributed by atoms with van der Waals surface area (Å²) < 4.78 is 5.21. The quantitative estimate of drug-likeness (QED) is 0.628. The number of hydrogen-bond donors (Lipinski definition) is 0. The monoisotopic (exact) mass is 165 g/mol. The highest BCUT2D eigenvalue weighted by Crippen LogP contribution is 2.09.